The maximum atomic E-state index is 6.15. The van der Waals surface area contributed by atoms with Crippen LogP contribution in [-0.4, -0.2) is 49.3 Å². The summed E-state index contributed by atoms with van der Waals surface area (Å²) in [6.07, 6.45) is 8.21. The molecule has 1 aliphatic heterocycles. The smallest absolute Gasteiger partial charge is 0.163 e. The Morgan fingerprint density at radius 3 is 2.66 bits per heavy atom. The number of hydrogen-bond donors (Lipinski definition) is 1. The van der Waals surface area contributed by atoms with Crippen LogP contribution in [0.2, 0.25) is 0 Å². The number of pyridine rings is 1. The molecule has 1 aromatic heterocycles. The van der Waals surface area contributed by atoms with Gasteiger partial charge in [-0.3, -0.25) is 0 Å². The number of fused-ring (bicyclic) bond motifs is 3. The minimum Gasteiger partial charge on any atom is -0.493 e. The fraction of sp³-hybridized carbons (Fsp3) is 0.625. The average Bonchev–Trinajstić information content (AvgIpc) is 3.43. The molecule has 1 aliphatic carbocycles. The number of likely N-dealkylation sites (tertiary alicyclic amines) is 1. The van der Waals surface area contributed by atoms with Crippen LogP contribution in [-0.2, 0) is 12.8 Å². The van der Waals surface area contributed by atoms with Gasteiger partial charge in [-0.15, -0.1) is 0 Å². The Morgan fingerprint density at radius 1 is 1.10 bits per heavy atom. The molecule has 0 amide bonds. The highest BCUT2D eigenvalue weighted by atomic mass is 16.5. The van der Waals surface area contributed by atoms with Gasteiger partial charge < -0.3 is 19.7 Å². The zero-order chi connectivity index (χ0) is 20.2. The van der Waals surface area contributed by atoms with E-state index in [-0.39, 0.29) is 0 Å². The number of nitrogens with zero attached hydrogens (tertiary/aromatic N) is 2. The van der Waals surface area contributed by atoms with Crippen LogP contribution >= 0.6 is 0 Å². The highest BCUT2D eigenvalue weighted by Gasteiger charge is 2.22. The first-order valence-electron chi connectivity index (χ1n) is 11.3. The second-order valence-electron chi connectivity index (χ2n) is 8.50. The number of methoxy groups -OCH3 is 1. The van der Waals surface area contributed by atoms with Crippen molar-refractivity contribution in [2.45, 2.75) is 64.8 Å². The highest BCUT2D eigenvalue weighted by molar-refractivity contribution is 5.89. The maximum Gasteiger partial charge on any atom is 0.163 e. The molecule has 1 N–H and O–H groups in total. The van der Waals surface area contributed by atoms with Crippen LogP contribution in [0.1, 0.15) is 57.1 Å². The first-order chi connectivity index (χ1) is 14.2. The van der Waals surface area contributed by atoms with Crippen molar-refractivity contribution in [3.8, 4) is 11.5 Å². The molecule has 0 saturated carbocycles. The van der Waals surface area contributed by atoms with Crippen molar-refractivity contribution < 1.29 is 9.47 Å². The molecular formula is C24H35N3O2. The van der Waals surface area contributed by atoms with Crippen LogP contribution in [0.3, 0.4) is 0 Å². The molecule has 4 rings (SSSR count). The van der Waals surface area contributed by atoms with Gasteiger partial charge in [0.1, 0.15) is 5.82 Å². The third-order valence-electron chi connectivity index (χ3n) is 6.41. The molecule has 0 spiro atoms. The largest absolute Gasteiger partial charge is 0.493 e. The summed E-state index contributed by atoms with van der Waals surface area (Å²) in [6.45, 7) is 8.72. The minimum atomic E-state index is 0.421. The lowest BCUT2D eigenvalue weighted by atomic mass is 10.0. The third-order valence-corrected chi connectivity index (χ3v) is 6.41. The number of hydrogen-bond acceptors (Lipinski definition) is 5. The summed E-state index contributed by atoms with van der Waals surface area (Å²) >= 11 is 0. The van der Waals surface area contributed by atoms with Crippen LogP contribution in [0.4, 0.5) is 5.82 Å². The molecule has 0 radical (unpaired) electrons. The Hall–Kier alpha value is -2.01. The molecular weight excluding hydrogens is 362 g/mol. The molecule has 29 heavy (non-hydrogen) atoms. The van der Waals surface area contributed by atoms with E-state index in [9.17, 15) is 0 Å². The highest BCUT2D eigenvalue weighted by Crippen LogP contribution is 2.39. The number of aryl methyl sites for hydroxylation is 1. The molecule has 5 nitrogen and oxygen atoms in total. The summed E-state index contributed by atoms with van der Waals surface area (Å²) in [5, 5.41) is 4.84. The molecule has 1 aromatic carbocycles. The van der Waals surface area contributed by atoms with Crippen LogP contribution in [0.15, 0.2) is 12.1 Å². The van der Waals surface area contributed by atoms with E-state index >= 15 is 0 Å². The number of aromatic nitrogens is 1. The van der Waals surface area contributed by atoms with Gasteiger partial charge in [0.15, 0.2) is 11.5 Å². The lowest BCUT2D eigenvalue weighted by molar-refractivity contribution is 0.254. The Kier molecular flexibility index (Phi) is 6.43. The van der Waals surface area contributed by atoms with Gasteiger partial charge in [0, 0.05) is 24.0 Å². The second kappa shape index (κ2) is 9.21. The number of nitrogens with one attached hydrogen (secondary N) is 1. The van der Waals surface area contributed by atoms with Crippen LogP contribution in [0, 0.1) is 0 Å². The van der Waals surface area contributed by atoms with Crippen molar-refractivity contribution in [1.29, 1.82) is 0 Å². The van der Waals surface area contributed by atoms with Gasteiger partial charge in [-0.25, -0.2) is 4.98 Å². The molecule has 0 unspecified atom stereocenters. The average molecular weight is 398 g/mol. The van der Waals surface area contributed by atoms with Crippen molar-refractivity contribution in [2.24, 2.45) is 0 Å². The van der Waals surface area contributed by atoms with Gasteiger partial charge in [0.2, 0.25) is 0 Å². The van der Waals surface area contributed by atoms with Crippen LogP contribution in [0.25, 0.3) is 10.9 Å². The fourth-order valence-electron chi connectivity index (χ4n) is 4.58. The normalized spacial score (nSPS) is 17.5. The van der Waals surface area contributed by atoms with Gasteiger partial charge in [-0.1, -0.05) is 6.92 Å². The van der Waals surface area contributed by atoms with E-state index in [0.29, 0.717) is 12.6 Å². The first-order valence-corrected chi connectivity index (χ1v) is 11.3. The first kappa shape index (κ1) is 20.3. The molecule has 2 heterocycles. The summed E-state index contributed by atoms with van der Waals surface area (Å²) in [5.41, 5.74) is 3.82. The van der Waals surface area contributed by atoms with Crippen molar-refractivity contribution in [3.05, 3.63) is 23.3 Å². The lowest BCUT2D eigenvalue weighted by Crippen LogP contribution is -2.21. The monoisotopic (exact) mass is 397 g/mol. The number of anilines is 1. The predicted molar refractivity (Wildman–Crippen MR) is 119 cm³/mol. The van der Waals surface area contributed by atoms with E-state index in [1.54, 1.807) is 7.11 Å². The Balaban J connectivity index is 1.57. The molecule has 0 bridgehead atoms. The van der Waals surface area contributed by atoms with Crippen molar-refractivity contribution in [2.75, 3.05) is 38.7 Å². The fourth-order valence-corrected chi connectivity index (χ4v) is 4.58. The summed E-state index contributed by atoms with van der Waals surface area (Å²) in [6, 6.07) is 4.63. The maximum absolute atomic E-state index is 6.15. The summed E-state index contributed by atoms with van der Waals surface area (Å²) < 4.78 is 11.8. The van der Waals surface area contributed by atoms with E-state index in [1.165, 1.54) is 48.9 Å². The number of rotatable bonds is 9. The molecule has 2 aromatic rings. The van der Waals surface area contributed by atoms with E-state index in [4.69, 9.17) is 14.5 Å². The minimum absolute atomic E-state index is 0.421. The van der Waals surface area contributed by atoms with Gasteiger partial charge in [-0.2, -0.15) is 0 Å². The summed E-state index contributed by atoms with van der Waals surface area (Å²) in [4.78, 5) is 7.53. The van der Waals surface area contributed by atoms with Gasteiger partial charge in [-0.05, 0) is 82.2 Å². The Morgan fingerprint density at radius 2 is 1.90 bits per heavy atom. The van der Waals surface area contributed by atoms with E-state index in [1.807, 2.05) is 0 Å². The van der Waals surface area contributed by atoms with Crippen molar-refractivity contribution in [3.63, 3.8) is 0 Å². The Labute approximate surface area is 174 Å². The van der Waals surface area contributed by atoms with E-state index < -0.39 is 0 Å². The second-order valence-corrected chi connectivity index (χ2v) is 8.50. The van der Waals surface area contributed by atoms with Gasteiger partial charge >= 0.3 is 0 Å². The Bertz CT molecular complexity index is 846. The SMILES string of the molecule is CC[C@@H](C)Nc1nc2cc(OCCCN3CCCC3)c(OC)cc2c2c1CCC2. The quantitative estimate of drug-likeness (QED) is 0.616. The molecule has 1 fully saturated rings. The third kappa shape index (κ3) is 4.45. The standard InChI is InChI=1S/C24H35N3O2/c1-4-17(2)25-24-19-10-7-9-18(19)20-15-22(28-3)23(16-21(20)26-24)29-14-8-13-27-11-5-6-12-27/h15-17H,4-14H2,1-3H3,(H,25,26)/t17-/m1/s1. The van der Waals surface area contributed by atoms with Crippen molar-refractivity contribution in [1.82, 2.24) is 9.88 Å². The van der Waals surface area contributed by atoms with E-state index in [0.717, 1.165) is 55.1 Å². The summed E-state index contributed by atoms with van der Waals surface area (Å²) in [5.74, 6) is 2.68. The lowest BCUT2D eigenvalue weighted by Gasteiger charge is -2.19. The van der Waals surface area contributed by atoms with Gasteiger partial charge in [0.05, 0.1) is 19.2 Å². The topological polar surface area (TPSA) is 46.6 Å². The zero-order valence-corrected chi connectivity index (χ0v) is 18.2. The molecule has 1 atom stereocenters. The number of ether oxygens (including phenoxy) is 2. The van der Waals surface area contributed by atoms with Crippen molar-refractivity contribution >= 4 is 16.7 Å². The van der Waals surface area contributed by atoms with Crippen LogP contribution < -0.4 is 14.8 Å². The molecule has 2 aliphatic rings. The predicted octanol–water partition coefficient (Wildman–Crippen LogP) is 4.81. The van der Waals surface area contributed by atoms with E-state index in [2.05, 4.69) is 36.2 Å². The van der Waals surface area contributed by atoms with Crippen LogP contribution in [0.5, 0.6) is 11.5 Å². The molecule has 5 heteroatoms. The summed E-state index contributed by atoms with van der Waals surface area (Å²) in [7, 11) is 1.73. The zero-order valence-electron chi connectivity index (χ0n) is 18.2. The molecule has 1 saturated heterocycles. The molecule has 158 valence electrons. The van der Waals surface area contributed by atoms with Gasteiger partial charge in [0.25, 0.3) is 0 Å². The number of benzene rings is 1.